The molecule has 90 valence electrons. The lowest BCUT2D eigenvalue weighted by Crippen LogP contribution is -2.17. The molecule has 0 radical (unpaired) electrons. The van der Waals surface area contributed by atoms with Crippen LogP contribution in [0.5, 0.6) is 0 Å². The van der Waals surface area contributed by atoms with Crippen LogP contribution in [-0.2, 0) is 0 Å². The summed E-state index contributed by atoms with van der Waals surface area (Å²) in [4.78, 5) is 26.2. The fraction of sp³-hybridized carbons (Fsp3) is 0. The van der Waals surface area contributed by atoms with E-state index in [1.807, 2.05) is 24.3 Å². The zero-order valence-corrected chi connectivity index (χ0v) is 9.28. The Hall–Kier alpha value is -2.76. The third-order valence-electron chi connectivity index (χ3n) is 2.67. The van der Waals surface area contributed by atoms with E-state index in [2.05, 4.69) is 20.5 Å². The van der Waals surface area contributed by atoms with Gasteiger partial charge in [-0.25, -0.2) is 0 Å². The monoisotopic (exact) mass is 242 g/mol. The van der Waals surface area contributed by atoms with Crippen LogP contribution in [0.1, 0.15) is 10.5 Å². The van der Waals surface area contributed by atoms with Gasteiger partial charge in [-0.05, 0) is 12.1 Å². The Bertz CT molecular complexity index is 732. The first-order chi connectivity index (χ1) is 8.74. The average molecular weight is 242 g/mol. The molecular formula is C12H10N4O2. The number of rotatable bonds is 2. The lowest BCUT2D eigenvalue weighted by Gasteiger charge is -1.97. The maximum atomic E-state index is 11.9. The lowest BCUT2D eigenvalue weighted by molar-refractivity contribution is 0.102. The smallest absolute Gasteiger partial charge is 0.287 e. The maximum absolute atomic E-state index is 11.9. The molecule has 4 N–H and O–H groups in total. The van der Waals surface area contributed by atoms with Gasteiger partial charge in [0.2, 0.25) is 0 Å². The van der Waals surface area contributed by atoms with Crippen LogP contribution in [0.2, 0.25) is 0 Å². The van der Waals surface area contributed by atoms with Gasteiger partial charge < -0.3 is 15.4 Å². The molecule has 0 spiro atoms. The number of hydrogen-bond donors (Lipinski definition) is 4. The van der Waals surface area contributed by atoms with Gasteiger partial charge in [0, 0.05) is 17.1 Å². The highest BCUT2D eigenvalue weighted by molar-refractivity contribution is 6.05. The standard InChI is InChI=1S/C12H10N4O2/c17-11(15-10-6-13-16-12(10)18)9-5-7-3-1-2-4-8(7)14-9/h1-6,14H,(H,15,17)(H2,13,16,18). The van der Waals surface area contributed by atoms with Gasteiger partial charge in [-0.1, -0.05) is 18.2 Å². The maximum Gasteiger partial charge on any atom is 0.287 e. The number of para-hydroxylation sites is 1. The van der Waals surface area contributed by atoms with E-state index in [9.17, 15) is 9.59 Å². The van der Waals surface area contributed by atoms with E-state index in [0.29, 0.717) is 5.69 Å². The van der Waals surface area contributed by atoms with Crippen molar-refractivity contribution < 1.29 is 4.79 Å². The van der Waals surface area contributed by atoms with E-state index in [-0.39, 0.29) is 17.2 Å². The molecule has 1 amide bonds. The molecule has 1 aromatic carbocycles. The highest BCUT2D eigenvalue weighted by atomic mass is 16.2. The van der Waals surface area contributed by atoms with Gasteiger partial charge in [-0.2, -0.15) is 0 Å². The second-order valence-electron chi connectivity index (χ2n) is 3.88. The largest absolute Gasteiger partial charge is 0.351 e. The summed E-state index contributed by atoms with van der Waals surface area (Å²) in [7, 11) is 0. The van der Waals surface area contributed by atoms with Crippen LogP contribution < -0.4 is 10.9 Å². The summed E-state index contributed by atoms with van der Waals surface area (Å²) in [6.07, 6.45) is 1.41. The molecule has 0 saturated heterocycles. The Kier molecular flexibility index (Phi) is 2.26. The van der Waals surface area contributed by atoms with Crippen molar-refractivity contribution in [1.29, 1.82) is 0 Å². The number of carbonyl (C=O) groups excluding carboxylic acids is 1. The molecule has 0 aliphatic carbocycles. The fourth-order valence-corrected chi connectivity index (χ4v) is 1.78. The van der Waals surface area contributed by atoms with Gasteiger partial charge in [-0.3, -0.25) is 14.7 Å². The van der Waals surface area contributed by atoms with Crippen molar-refractivity contribution >= 4 is 22.5 Å². The molecule has 0 atom stereocenters. The second-order valence-corrected chi connectivity index (χ2v) is 3.88. The van der Waals surface area contributed by atoms with Gasteiger partial charge in [0.25, 0.3) is 11.5 Å². The summed E-state index contributed by atoms with van der Waals surface area (Å²) in [5.41, 5.74) is 1.13. The van der Waals surface area contributed by atoms with E-state index < -0.39 is 0 Å². The Labute approximate surface area is 101 Å². The number of aromatic amines is 3. The Morgan fingerprint density at radius 3 is 2.78 bits per heavy atom. The van der Waals surface area contributed by atoms with Crippen molar-refractivity contribution in [3.8, 4) is 0 Å². The SMILES string of the molecule is O=C(Nc1c[nH][nH]c1=O)c1cc2ccccc2[nH]1. The molecule has 3 aromatic rings. The summed E-state index contributed by atoms with van der Waals surface area (Å²) >= 11 is 0. The molecule has 3 rings (SSSR count). The van der Waals surface area contributed by atoms with E-state index in [1.165, 1.54) is 6.20 Å². The molecule has 0 saturated carbocycles. The molecule has 6 heteroatoms. The van der Waals surface area contributed by atoms with Crippen LogP contribution in [0.4, 0.5) is 5.69 Å². The van der Waals surface area contributed by atoms with Gasteiger partial charge in [0.05, 0.1) is 0 Å². The van der Waals surface area contributed by atoms with Crippen molar-refractivity contribution in [3.05, 3.63) is 52.6 Å². The Balaban J connectivity index is 1.92. The lowest BCUT2D eigenvalue weighted by atomic mass is 10.2. The minimum absolute atomic E-state index is 0.193. The number of nitrogens with one attached hydrogen (secondary N) is 4. The van der Waals surface area contributed by atoms with Crippen LogP contribution in [0, 0.1) is 0 Å². The van der Waals surface area contributed by atoms with Gasteiger partial charge in [0.1, 0.15) is 11.4 Å². The quantitative estimate of drug-likeness (QED) is 0.547. The molecule has 2 heterocycles. The molecular weight excluding hydrogens is 232 g/mol. The van der Waals surface area contributed by atoms with Crippen LogP contribution in [0.15, 0.2) is 41.3 Å². The molecule has 0 unspecified atom stereocenters. The fourth-order valence-electron chi connectivity index (χ4n) is 1.78. The van der Waals surface area contributed by atoms with Crippen molar-refractivity contribution in [1.82, 2.24) is 15.2 Å². The summed E-state index contributed by atoms with van der Waals surface area (Å²) < 4.78 is 0. The van der Waals surface area contributed by atoms with Gasteiger partial charge in [0.15, 0.2) is 0 Å². The highest BCUT2D eigenvalue weighted by Crippen LogP contribution is 2.15. The van der Waals surface area contributed by atoms with Crippen LogP contribution in [0.3, 0.4) is 0 Å². The number of anilines is 1. The number of amides is 1. The third kappa shape index (κ3) is 1.69. The third-order valence-corrected chi connectivity index (χ3v) is 2.67. The molecule has 6 nitrogen and oxygen atoms in total. The van der Waals surface area contributed by atoms with Crippen molar-refractivity contribution in [3.63, 3.8) is 0 Å². The zero-order valence-electron chi connectivity index (χ0n) is 9.28. The number of carbonyl (C=O) groups is 1. The van der Waals surface area contributed by atoms with Crippen LogP contribution in [0.25, 0.3) is 10.9 Å². The summed E-state index contributed by atoms with van der Waals surface area (Å²) in [5, 5.41) is 8.34. The van der Waals surface area contributed by atoms with Crippen LogP contribution in [-0.4, -0.2) is 21.1 Å². The first kappa shape index (κ1) is 10.4. The Morgan fingerprint density at radius 2 is 2.06 bits per heavy atom. The normalized spacial score (nSPS) is 10.7. The second kappa shape index (κ2) is 3.92. The topological polar surface area (TPSA) is 93.5 Å². The molecule has 2 aromatic heterocycles. The minimum Gasteiger partial charge on any atom is -0.351 e. The van der Waals surface area contributed by atoms with E-state index >= 15 is 0 Å². The van der Waals surface area contributed by atoms with E-state index in [1.54, 1.807) is 6.07 Å². The molecule has 0 bridgehead atoms. The van der Waals surface area contributed by atoms with Crippen molar-refractivity contribution in [2.75, 3.05) is 5.32 Å². The highest BCUT2D eigenvalue weighted by Gasteiger charge is 2.11. The van der Waals surface area contributed by atoms with Crippen molar-refractivity contribution in [2.45, 2.75) is 0 Å². The molecule has 0 aliphatic rings. The van der Waals surface area contributed by atoms with Crippen LogP contribution >= 0.6 is 0 Å². The average Bonchev–Trinajstić information content (AvgIpc) is 2.96. The molecule has 0 fully saturated rings. The first-order valence-corrected chi connectivity index (χ1v) is 5.39. The predicted octanol–water partition coefficient (Wildman–Crippen LogP) is 1.44. The number of hydrogen-bond acceptors (Lipinski definition) is 2. The predicted molar refractivity (Wildman–Crippen MR) is 67.7 cm³/mol. The number of aromatic nitrogens is 3. The summed E-state index contributed by atoms with van der Waals surface area (Å²) in [6, 6.07) is 9.32. The van der Waals surface area contributed by atoms with Crippen molar-refractivity contribution in [2.24, 2.45) is 0 Å². The number of H-pyrrole nitrogens is 3. The number of benzene rings is 1. The number of fused-ring (bicyclic) bond motifs is 1. The molecule has 0 aliphatic heterocycles. The summed E-state index contributed by atoms with van der Waals surface area (Å²) in [5.74, 6) is -0.351. The van der Waals surface area contributed by atoms with E-state index in [4.69, 9.17) is 0 Å². The summed E-state index contributed by atoms with van der Waals surface area (Å²) in [6.45, 7) is 0. The molecule has 18 heavy (non-hydrogen) atoms. The Morgan fingerprint density at radius 1 is 1.22 bits per heavy atom. The van der Waals surface area contributed by atoms with Gasteiger partial charge >= 0.3 is 0 Å². The zero-order chi connectivity index (χ0) is 12.5. The minimum atomic E-state index is -0.362. The van der Waals surface area contributed by atoms with Gasteiger partial charge in [-0.15, -0.1) is 0 Å². The first-order valence-electron chi connectivity index (χ1n) is 5.39. The van der Waals surface area contributed by atoms with E-state index in [0.717, 1.165) is 10.9 Å².